The van der Waals surface area contributed by atoms with E-state index in [4.69, 9.17) is 5.73 Å². The molecule has 0 spiro atoms. The maximum absolute atomic E-state index is 11.5. The van der Waals surface area contributed by atoms with E-state index < -0.39 is 15.3 Å². The molecule has 0 fully saturated rings. The Balaban J connectivity index is 2.41. The highest BCUT2D eigenvalue weighted by molar-refractivity contribution is 7.90. The molecule has 16 heavy (non-hydrogen) atoms. The second kappa shape index (κ2) is 5.72. The largest absolute Gasteiger partial charge is 0.329 e. The third-order valence-corrected chi connectivity index (χ3v) is 4.89. The summed E-state index contributed by atoms with van der Waals surface area (Å²) in [5.41, 5.74) is 6.24. The molecule has 1 rings (SSSR count). The zero-order valence-electron chi connectivity index (χ0n) is 9.43. The molecule has 1 heterocycles. The summed E-state index contributed by atoms with van der Waals surface area (Å²) in [5, 5.41) is 2.38. The van der Waals surface area contributed by atoms with E-state index in [0.717, 1.165) is 10.7 Å². The van der Waals surface area contributed by atoms with Crippen molar-refractivity contribution in [1.29, 1.82) is 0 Å². The number of rotatable bonds is 6. The Labute approximate surface area is 100 Å². The molecule has 0 aromatic carbocycles. The Bertz CT molecular complexity index is 428. The molecule has 0 aliphatic rings. The topological polar surface area (TPSA) is 85.1 Å². The van der Waals surface area contributed by atoms with E-state index in [-0.39, 0.29) is 6.54 Å². The number of thiazole rings is 1. The molecule has 3 N–H and O–H groups in total. The van der Waals surface area contributed by atoms with Crippen LogP contribution in [-0.2, 0) is 16.4 Å². The number of aryl methyl sites for hydroxylation is 1. The molecule has 5 nitrogen and oxygen atoms in total. The molecule has 0 radical (unpaired) electrons. The Hall–Kier alpha value is -0.500. The van der Waals surface area contributed by atoms with Crippen LogP contribution in [0.1, 0.15) is 17.6 Å². The lowest BCUT2D eigenvalue weighted by Gasteiger charge is -2.10. The third-order valence-electron chi connectivity index (χ3n) is 2.21. The van der Waals surface area contributed by atoms with Gasteiger partial charge in [0.05, 0.1) is 16.0 Å². The molecule has 0 saturated heterocycles. The van der Waals surface area contributed by atoms with Gasteiger partial charge in [-0.1, -0.05) is 0 Å². The van der Waals surface area contributed by atoms with Crippen molar-refractivity contribution in [2.75, 3.05) is 13.1 Å². The number of hydrogen-bond acceptors (Lipinski definition) is 5. The Kier molecular flexibility index (Phi) is 4.85. The van der Waals surface area contributed by atoms with Gasteiger partial charge >= 0.3 is 0 Å². The van der Waals surface area contributed by atoms with E-state index in [1.54, 1.807) is 18.3 Å². The van der Waals surface area contributed by atoms with Crippen LogP contribution in [0.5, 0.6) is 0 Å². The first-order chi connectivity index (χ1) is 7.45. The number of nitrogens with two attached hydrogens (primary N) is 1. The summed E-state index contributed by atoms with van der Waals surface area (Å²) in [7, 11) is -3.27. The van der Waals surface area contributed by atoms with Crippen LogP contribution in [0.15, 0.2) is 5.38 Å². The van der Waals surface area contributed by atoms with E-state index in [2.05, 4.69) is 9.71 Å². The molecule has 92 valence electrons. The van der Waals surface area contributed by atoms with E-state index in [1.165, 1.54) is 0 Å². The summed E-state index contributed by atoms with van der Waals surface area (Å²) in [5.74, 6) is 0. The molecule has 1 atom stereocenters. The van der Waals surface area contributed by atoms with Crippen LogP contribution < -0.4 is 10.5 Å². The molecule has 1 aromatic rings. The van der Waals surface area contributed by atoms with Crippen LogP contribution in [0.25, 0.3) is 0 Å². The average molecular weight is 263 g/mol. The monoisotopic (exact) mass is 263 g/mol. The Morgan fingerprint density at radius 1 is 1.62 bits per heavy atom. The highest BCUT2D eigenvalue weighted by atomic mass is 32.2. The lowest BCUT2D eigenvalue weighted by Crippen LogP contribution is -2.37. The van der Waals surface area contributed by atoms with Crippen molar-refractivity contribution in [2.24, 2.45) is 5.73 Å². The lowest BCUT2D eigenvalue weighted by molar-refractivity contribution is 0.569. The van der Waals surface area contributed by atoms with Crippen molar-refractivity contribution in [3.8, 4) is 0 Å². The fraction of sp³-hybridized carbons (Fsp3) is 0.667. The number of hydrogen-bond donors (Lipinski definition) is 2. The van der Waals surface area contributed by atoms with Gasteiger partial charge in [0.15, 0.2) is 0 Å². The zero-order chi connectivity index (χ0) is 12.2. The summed E-state index contributed by atoms with van der Waals surface area (Å²) in [4.78, 5) is 4.25. The normalized spacial score (nSPS) is 13.9. The van der Waals surface area contributed by atoms with Gasteiger partial charge in [-0.05, 0) is 13.8 Å². The van der Waals surface area contributed by atoms with Crippen LogP contribution >= 0.6 is 11.3 Å². The minimum atomic E-state index is -3.27. The first-order valence-electron chi connectivity index (χ1n) is 5.05. The van der Waals surface area contributed by atoms with Crippen LogP contribution in [0.3, 0.4) is 0 Å². The van der Waals surface area contributed by atoms with Crippen molar-refractivity contribution < 1.29 is 8.42 Å². The molecule has 1 aromatic heterocycles. The average Bonchev–Trinajstić information content (AvgIpc) is 2.62. The smallest absolute Gasteiger partial charge is 0.215 e. The van der Waals surface area contributed by atoms with Crippen molar-refractivity contribution in [1.82, 2.24) is 9.71 Å². The number of nitrogens with zero attached hydrogens (tertiary/aromatic N) is 1. The van der Waals surface area contributed by atoms with Gasteiger partial charge < -0.3 is 5.73 Å². The second-order valence-corrected chi connectivity index (χ2v) is 6.84. The molecule has 1 unspecified atom stereocenters. The summed E-state index contributed by atoms with van der Waals surface area (Å²) in [6, 6.07) is 0. The Morgan fingerprint density at radius 3 is 2.81 bits per heavy atom. The minimum Gasteiger partial charge on any atom is -0.329 e. The molecule has 0 aliphatic heterocycles. The number of nitrogens with one attached hydrogen (secondary N) is 1. The zero-order valence-corrected chi connectivity index (χ0v) is 11.1. The van der Waals surface area contributed by atoms with Gasteiger partial charge in [-0.15, -0.1) is 11.3 Å². The minimum absolute atomic E-state index is 0.130. The molecule has 0 amide bonds. The summed E-state index contributed by atoms with van der Waals surface area (Å²) in [6.07, 6.45) is 0.612. The van der Waals surface area contributed by atoms with Crippen LogP contribution in [-0.4, -0.2) is 31.7 Å². The molecule has 0 bridgehead atoms. The van der Waals surface area contributed by atoms with Crippen LogP contribution in [0.4, 0.5) is 0 Å². The Morgan fingerprint density at radius 2 is 2.31 bits per heavy atom. The maximum Gasteiger partial charge on any atom is 0.215 e. The van der Waals surface area contributed by atoms with Crippen molar-refractivity contribution >= 4 is 21.4 Å². The molecule has 7 heteroatoms. The van der Waals surface area contributed by atoms with Crippen LogP contribution in [0, 0.1) is 6.92 Å². The van der Waals surface area contributed by atoms with Gasteiger partial charge in [-0.3, -0.25) is 0 Å². The first kappa shape index (κ1) is 13.6. The first-order valence-corrected chi connectivity index (χ1v) is 7.48. The summed E-state index contributed by atoms with van der Waals surface area (Å²) >= 11 is 1.56. The van der Waals surface area contributed by atoms with Gasteiger partial charge in [0.2, 0.25) is 10.0 Å². The van der Waals surface area contributed by atoms with Gasteiger partial charge in [0.25, 0.3) is 0 Å². The molecule has 0 aliphatic carbocycles. The van der Waals surface area contributed by atoms with Gasteiger partial charge in [-0.25, -0.2) is 18.1 Å². The van der Waals surface area contributed by atoms with Gasteiger partial charge in [0, 0.05) is 24.9 Å². The number of sulfonamides is 1. The fourth-order valence-corrected chi connectivity index (χ4v) is 2.68. The quantitative estimate of drug-likeness (QED) is 0.771. The number of aromatic nitrogens is 1. The van der Waals surface area contributed by atoms with E-state index in [0.29, 0.717) is 13.0 Å². The second-order valence-electron chi connectivity index (χ2n) is 3.59. The van der Waals surface area contributed by atoms with Crippen LogP contribution in [0.2, 0.25) is 0 Å². The van der Waals surface area contributed by atoms with Crippen molar-refractivity contribution in [3.05, 3.63) is 16.1 Å². The highest BCUT2D eigenvalue weighted by Gasteiger charge is 2.17. The van der Waals surface area contributed by atoms with Crippen molar-refractivity contribution in [2.45, 2.75) is 25.5 Å². The predicted octanol–water partition coefficient (Wildman–Crippen LogP) is 0.261. The summed E-state index contributed by atoms with van der Waals surface area (Å²) < 4.78 is 25.6. The standard InChI is InChI=1S/C9H17N3O2S2/c1-7(5-10)16(13,14)11-4-3-9-6-15-8(2)12-9/h6-7,11H,3-5,10H2,1-2H3. The molecular weight excluding hydrogens is 246 g/mol. The lowest BCUT2D eigenvalue weighted by atomic mass is 10.3. The fourth-order valence-electron chi connectivity index (χ4n) is 1.11. The highest BCUT2D eigenvalue weighted by Crippen LogP contribution is 2.08. The molecular formula is C9H17N3O2S2. The van der Waals surface area contributed by atoms with Crippen molar-refractivity contribution in [3.63, 3.8) is 0 Å². The van der Waals surface area contributed by atoms with E-state index in [9.17, 15) is 8.42 Å². The van der Waals surface area contributed by atoms with E-state index >= 15 is 0 Å². The maximum atomic E-state index is 11.5. The summed E-state index contributed by atoms with van der Waals surface area (Å²) in [6.45, 7) is 4.02. The van der Waals surface area contributed by atoms with Gasteiger partial charge in [0.1, 0.15) is 0 Å². The predicted molar refractivity (Wildman–Crippen MR) is 66.0 cm³/mol. The molecule has 0 saturated carbocycles. The third kappa shape index (κ3) is 3.82. The van der Waals surface area contributed by atoms with E-state index in [1.807, 2.05) is 12.3 Å². The SMILES string of the molecule is Cc1nc(CCNS(=O)(=O)C(C)CN)cs1. The van der Waals surface area contributed by atoms with Gasteiger partial charge in [-0.2, -0.15) is 0 Å².